The molecule has 1 N–H and O–H groups in total. The van der Waals surface area contributed by atoms with Gasteiger partial charge in [-0.05, 0) is 25.0 Å². The second-order valence-corrected chi connectivity index (χ2v) is 5.65. The summed E-state index contributed by atoms with van der Waals surface area (Å²) in [5, 5.41) is 0. The number of pyridine rings is 1. The maximum atomic E-state index is 10.9. The Morgan fingerprint density at radius 3 is 2.62 bits per heavy atom. The number of hydrogen-bond donors (Lipinski definition) is 1. The molecule has 0 radical (unpaired) electrons. The summed E-state index contributed by atoms with van der Waals surface area (Å²) in [6, 6.07) is 5.71. The van der Waals surface area contributed by atoms with Gasteiger partial charge in [0.05, 0.1) is 18.5 Å². The average Bonchev–Trinajstić information content (AvgIpc) is 2.23. The van der Waals surface area contributed by atoms with Crippen molar-refractivity contribution in [2.45, 2.75) is 32.7 Å². The smallest absolute Gasteiger partial charge is 0.209 e. The van der Waals surface area contributed by atoms with Gasteiger partial charge in [-0.25, -0.2) is 13.1 Å². The predicted octanol–water partition coefficient (Wildman–Crippen LogP) is 1.47. The number of nitrogens with one attached hydrogen (secondary N) is 1. The van der Waals surface area contributed by atoms with E-state index in [1.54, 1.807) is 0 Å². The molecule has 1 aromatic heterocycles. The molecule has 0 saturated heterocycles. The van der Waals surface area contributed by atoms with E-state index in [1.807, 2.05) is 18.2 Å². The minimum atomic E-state index is -3.14. The summed E-state index contributed by atoms with van der Waals surface area (Å²) in [5.41, 5.74) is 1.79. The number of rotatable bonds is 6. The van der Waals surface area contributed by atoms with E-state index in [4.69, 9.17) is 0 Å². The van der Waals surface area contributed by atoms with E-state index in [9.17, 15) is 8.42 Å². The van der Waals surface area contributed by atoms with Gasteiger partial charge in [0.15, 0.2) is 0 Å². The van der Waals surface area contributed by atoms with Crippen LogP contribution in [0.5, 0.6) is 0 Å². The van der Waals surface area contributed by atoms with Crippen LogP contribution >= 0.6 is 0 Å². The summed E-state index contributed by atoms with van der Waals surface area (Å²) >= 11 is 0. The monoisotopic (exact) mass is 242 g/mol. The summed E-state index contributed by atoms with van der Waals surface area (Å²) in [7, 11) is -3.14. The second-order valence-electron chi connectivity index (χ2n) is 3.82. The van der Waals surface area contributed by atoms with Crippen LogP contribution in [-0.4, -0.2) is 19.7 Å². The molecule has 1 aromatic rings. The largest absolute Gasteiger partial charge is 0.256 e. The Kier molecular flexibility index (Phi) is 4.89. The molecule has 4 nitrogen and oxygen atoms in total. The van der Waals surface area contributed by atoms with Crippen molar-refractivity contribution < 1.29 is 8.42 Å². The lowest BCUT2D eigenvalue weighted by molar-refractivity contribution is 0.586. The zero-order chi connectivity index (χ0) is 12.0. The van der Waals surface area contributed by atoms with Gasteiger partial charge in [0.1, 0.15) is 0 Å². The van der Waals surface area contributed by atoms with E-state index in [-0.39, 0.29) is 6.54 Å². The van der Waals surface area contributed by atoms with Gasteiger partial charge in [0, 0.05) is 5.69 Å². The molecule has 0 amide bonds. The number of aromatic nitrogens is 1. The zero-order valence-electron chi connectivity index (χ0n) is 9.73. The molecule has 0 aromatic carbocycles. The standard InChI is InChI=1S/C11H18N2O2S/c1-3-4-6-10-7-5-8-11(13-10)9-12-16(2,14)15/h5,7-8,12H,3-4,6,9H2,1-2H3. The van der Waals surface area contributed by atoms with Crippen LogP contribution < -0.4 is 4.72 Å². The van der Waals surface area contributed by atoms with Crippen molar-refractivity contribution in [3.05, 3.63) is 29.6 Å². The molecular weight excluding hydrogens is 224 g/mol. The van der Waals surface area contributed by atoms with Crippen molar-refractivity contribution in [2.75, 3.05) is 6.26 Å². The van der Waals surface area contributed by atoms with Gasteiger partial charge in [-0.2, -0.15) is 0 Å². The minimum absolute atomic E-state index is 0.263. The van der Waals surface area contributed by atoms with Crippen LogP contribution in [0, 0.1) is 0 Å². The first-order valence-electron chi connectivity index (χ1n) is 5.40. The van der Waals surface area contributed by atoms with Crippen molar-refractivity contribution >= 4 is 10.0 Å². The van der Waals surface area contributed by atoms with Gasteiger partial charge in [0.25, 0.3) is 0 Å². The van der Waals surface area contributed by atoms with Crippen LogP contribution in [0.15, 0.2) is 18.2 Å². The Labute approximate surface area is 97.2 Å². The van der Waals surface area contributed by atoms with E-state index in [0.717, 1.165) is 36.9 Å². The molecular formula is C11H18N2O2S. The predicted molar refractivity (Wildman–Crippen MR) is 64.5 cm³/mol. The van der Waals surface area contributed by atoms with Crippen LogP contribution in [0.25, 0.3) is 0 Å². The first kappa shape index (κ1) is 13.1. The van der Waals surface area contributed by atoms with Crippen LogP contribution in [0.1, 0.15) is 31.2 Å². The first-order chi connectivity index (χ1) is 7.51. The van der Waals surface area contributed by atoms with Gasteiger partial charge in [-0.3, -0.25) is 4.98 Å². The molecule has 90 valence electrons. The van der Waals surface area contributed by atoms with E-state index < -0.39 is 10.0 Å². The van der Waals surface area contributed by atoms with Crippen LogP contribution in [0.2, 0.25) is 0 Å². The van der Waals surface area contributed by atoms with Gasteiger partial charge in [0.2, 0.25) is 10.0 Å². The van der Waals surface area contributed by atoms with Gasteiger partial charge in [-0.1, -0.05) is 19.4 Å². The molecule has 16 heavy (non-hydrogen) atoms. The summed E-state index contributed by atoms with van der Waals surface area (Å²) in [5.74, 6) is 0. The fraction of sp³-hybridized carbons (Fsp3) is 0.545. The van der Waals surface area contributed by atoms with Crippen molar-refractivity contribution in [3.8, 4) is 0 Å². The number of hydrogen-bond acceptors (Lipinski definition) is 3. The fourth-order valence-electron chi connectivity index (χ4n) is 1.33. The summed E-state index contributed by atoms with van der Waals surface area (Å²) < 4.78 is 24.3. The normalized spacial score (nSPS) is 11.6. The molecule has 0 aliphatic carbocycles. The van der Waals surface area contributed by atoms with E-state index in [0.29, 0.717) is 0 Å². The molecule has 0 atom stereocenters. The highest BCUT2D eigenvalue weighted by Crippen LogP contribution is 2.04. The van der Waals surface area contributed by atoms with Crippen molar-refractivity contribution in [3.63, 3.8) is 0 Å². The van der Waals surface area contributed by atoms with Gasteiger partial charge >= 0.3 is 0 Å². The Balaban J connectivity index is 2.60. The lowest BCUT2D eigenvalue weighted by Crippen LogP contribution is -2.21. The Morgan fingerprint density at radius 1 is 1.31 bits per heavy atom. The maximum absolute atomic E-state index is 10.9. The van der Waals surface area contributed by atoms with E-state index >= 15 is 0 Å². The highest BCUT2D eigenvalue weighted by atomic mass is 32.2. The topological polar surface area (TPSA) is 59.1 Å². The van der Waals surface area contributed by atoms with Crippen molar-refractivity contribution in [1.29, 1.82) is 0 Å². The summed E-state index contributed by atoms with van der Waals surface area (Å²) in [4.78, 5) is 4.39. The number of sulfonamides is 1. The summed E-state index contributed by atoms with van der Waals surface area (Å²) in [6.07, 6.45) is 4.33. The molecule has 0 aliphatic heterocycles. The van der Waals surface area contributed by atoms with Gasteiger partial charge in [-0.15, -0.1) is 0 Å². The Morgan fingerprint density at radius 2 is 2.00 bits per heavy atom. The molecule has 0 bridgehead atoms. The SMILES string of the molecule is CCCCc1cccc(CNS(C)(=O)=O)n1. The Hall–Kier alpha value is -0.940. The molecule has 5 heteroatoms. The fourth-order valence-corrected chi connectivity index (χ4v) is 1.74. The van der Waals surface area contributed by atoms with E-state index in [2.05, 4.69) is 16.6 Å². The van der Waals surface area contributed by atoms with Crippen molar-refractivity contribution in [2.24, 2.45) is 0 Å². The summed E-state index contributed by atoms with van der Waals surface area (Å²) in [6.45, 7) is 2.40. The maximum Gasteiger partial charge on any atom is 0.209 e. The van der Waals surface area contributed by atoms with Crippen LogP contribution in [0.4, 0.5) is 0 Å². The minimum Gasteiger partial charge on any atom is -0.256 e. The molecule has 1 rings (SSSR count). The van der Waals surface area contributed by atoms with Gasteiger partial charge < -0.3 is 0 Å². The second kappa shape index (κ2) is 5.96. The average molecular weight is 242 g/mol. The first-order valence-corrected chi connectivity index (χ1v) is 7.30. The zero-order valence-corrected chi connectivity index (χ0v) is 10.5. The number of nitrogens with zero attached hydrogens (tertiary/aromatic N) is 1. The van der Waals surface area contributed by atoms with Crippen LogP contribution in [0.3, 0.4) is 0 Å². The molecule has 0 fully saturated rings. The quantitative estimate of drug-likeness (QED) is 0.822. The highest BCUT2D eigenvalue weighted by molar-refractivity contribution is 7.88. The third-order valence-corrected chi connectivity index (χ3v) is 2.84. The third kappa shape index (κ3) is 5.23. The molecule has 0 aliphatic rings. The third-order valence-electron chi connectivity index (χ3n) is 2.17. The van der Waals surface area contributed by atoms with E-state index in [1.165, 1.54) is 0 Å². The molecule has 0 spiro atoms. The Bertz CT molecular complexity index is 429. The lowest BCUT2D eigenvalue weighted by Gasteiger charge is -2.04. The molecule has 0 unspecified atom stereocenters. The molecule has 0 saturated carbocycles. The lowest BCUT2D eigenvalue weighted by atomic mass is 10.2. The molecule has 1 heterocycles. The number of unbranched alkanes of at least 4 members (excludes halogenated alkanes) is 1. The highest BCUT2D eigenvalue weighted by Gasteiger charge is 2.02. The van der Waals surface area contributed by atoms with Crippen molar-refractivity contribution in [1.82, 2.24) is 9.71 Å². The number of aryl methyl sites for hydroxylation is 1. The van der Waals surface area contributed by atoms with Crippen LogP contribution in [-0.2, 0) is 23.0 Å².